The highest BCUT2D eigenvalue weighted by atomic mass is 16.2. The second kappa shape index (κ2) is 3.42. The SMILES string of the molecule is C[C@H]1C(=O)N(CCN)c2ccccc21. The van der Waals surface area contributed by atoms with Crippen LogP contribution in [0.1, 0.15) is 18.4 Å². The van der Waals surface area contributed by atoms with E-state index in [9.17, 15) is 4.79 Å². The molecule has 14 heavy (non-hydrogen) atoms. The van der Waals surface area contributed by atoms with Gasteiger partial charge in [-0.25, -0.2) is 0 Å². The van der Waals surface area contributed by atoms with E-state index < -0.39 is 0 Å². The number of hydrogen-bond acceptors (Lipinski definition) is 2. The molecule has 1 aliphatic heterocycles. The van der Waals surface area contributed by atoms with Crippen molar-refractivity contribution in [2.75, 3.05) is 18.0 Å². The minimum Gasteiger partial charge on any atom is -0.329 e. The lowest BCUT2D eigenvalue weighted by atomic mass is 10.0. The number of amides is 1. The first-order valence-corrected chi connectivity index (χ1v) is 4.86. The maximum Gasteiger partial charge on any atom is 0.234 e. The van der Waals surface area contributed by atoms with Crippen molar-refractivity contribution in [1.29, 1.82) is 0 Å². The second-order valence-corrected chi connectivity index (χ2v) is 3.56. The Kier molecular flexibility index (Phi) is 2.25. The quantitative estimate of drug-likeness (QED) is 0.759. The van der Waals surface area contributed by atoms with Gasteiger partial charge in [0.1, 0.15) is 0 Å². The third-order valence-electron chi connectivity index (χ3n) is 2.68. The van der Waals surface area contributed by atoms with E-state index >= 15 is 0 Å². The summed E-state index contributed by atoms with van der Waals surface area (Å²) >= 11 is 0. The zero-order valence-electron chi connectivity index (χ0n) is 8.23. The minimum atomic E-state index is -0.0160. The fraction of sp³-hybridized carbons (Fsp3) is 0.364. The van der Waals surface area contributed by atoms with Gasteiger partial charge < -0.3 is 10.6 Å². The highest BCUT2D eigenvalue weighted by molar-refractivity contribution is 6.04. The molecule has 0 saturated heterocycles. The molecule has 0 saturated carbocycles. The maximum absolute atomic E-state index is 11.8. The Morgan fingerprint density at radius 1 is 1.43 bits per heavy atom. The molecule has 1 amide bonds. The van der Waals surface area contributed by atoms with Crippen LogP contribution in [-0.2, 0) is 4.79 Å². The van der Waals surface area contributed by atoms with E-state index in [4.69, 9.17) is 5.73 Å². The third kappa shape index (κ3) is 1.21. The van der Waals surface area contributed by atoms with E-state index in [-0.39, 0.29) is 11.8 Å². The molecule has 1 aromatic rings. The summed E-state index contributed by atoms with van der Waals surface area (Å²) < 4.78 is 0. The summed E-state index contributed by atoms with van der Waals surface area (Å²) in [4.78, 5) is 13.6. The monoisotopic (exact) mass is 190 g/mol. The Hall–Kier alpha value is -1.35. The van der Waals surface area contributed by atoms with Gasteiger partial charge in [-0.3, -0.25) is 4.79 Å². The summed E-state index contributed by atoms with van der Waals surface area (Å²) in [5.74, 6) is 0.148. The molecule has 3 heteroatoms. The predicted molar refractivity (Wildman–Crippen MR) is 56.3 cm³/mol. The predicted octanol–water partition coefficient (Wildman–Crippen LogP) is 1.10. The fourth-order valence-electron chi connectivity index (χ4n) is 1.94. The highest BCUT2D eigenvalue weighted by Gasteiger charge is 2.32. The summed E-state index contributed by atoms with van der Waals surface area (Å²) in [5.41, 5.74) is 7.62. The molecule has 1 aromatic carbocycles. The number of rotatable bonds is 2. The van der Waals surface area contributed by atoms with Crippen molar-refractivity contribution in [1.82, 2.24) is 0 Å². The van der Waals surface area contributed by atoms with Crippen molar-refractivity contribution in [2.45, 2.75) is 12.8 Å². The molecule has 3 nitrogen and oxygen atoms in total. The number of carbonyl (C=O) groups is 1. The first kappa shape index (κ1) is 9.21. The summed E-state index contributed by atoms with van der Waals surface area (Å²) in [6.07, 6.45) is 0. The van der Waals surface area contributed by atoms with E-state index in [1.165, 1.54) is 0 Å². The van der Waals surface area contributed by atoms with E-state index in [1.807, 2.05) is 31.2 Å². The summed E-state index contributed by atoms with van der Waals surface area (Å²) in [6.45, 7) is 3.06. The molecule has 0 aromatic heterocycles. The molecule has 0 fully saturated rings. The smallest absolute Gasteiger partial charge is 0.234 e. The standard InChI is InChI=1S/C11H14N2O/c1-8-9-4-2-3-5-10(9)13(7-6-12)11(8)14/h2-5,8H,6-7,12H2,1H3/t8-/m1/s1. The Balaban J connectivity index is 2.42. The minimum absolute atomic E-state index is 0.0160. The molecule has 1 heterocycles. The van der Waals surface area contributed by atoms with Crippen molar-refractivity contribution < 1.29 is 4.79 Å². The van der Waals surface area contributed by atoms with Gasteiger partial charge in [0.05, 0.1) is 5.92 Å². The second-order valence-electron chi connectivity index (χ2n) is 3.56. The largest absolute Gasteiger partial charge is 0.329 e. The van der Waals surface area contributed by atoms with Crippen LogP contribution in [0.25, 0.3) is 0 Å². The Labute approximate surface area is 83.5 Å². The molecule has 0 bridgehead atoms. The van der Waals surface area contributed by atoms with Crippen molar-refractivity contribution in [3.63, 3.8) is 0 Å². The van der Waals surface area contributed by atoms with Gasteiger partial charge >= 0.3 is 0 Å². The molecule has 2 N–H and O–H groups in total. The molecule has 0 aliphatic carbocycles. The van der Waals surface area contributed by atoms with Crippen molar-refractivity contribution in [3.05, 3.63) is 29.8 Å². The van der Waals surface area contributed by atoms with Crippen molar-refractivity contribution in [2.24, 2.45) is 5.73 Å². The average Bonchev–Trinajstić information content (AvgIpc) is 2.45. The fourth-order valence-corrected chi connectivity index (χ4v) is 1.94. The lowest BCUT2D eigenvalue weighted by Gasteiger charge is -2.15. The van der Waals surface area contributed by atoms with Crippen LogP contribution in [0.3, 0.4) is 0 Å². The average molecular weight is 190 g/mol. The normalized spacial score (nSPS) is 20.0. The number of benzene rings is 1. The topological polar surface area (TPSA) is 46.3 Å². The zero-order chi connectivity index (χ0) is 10.1. The van der Waals surface area contributed by atoms with Gasteiger partial charge in [-0.15, -0.1) is 0 Å². The summed E-state index contributed by atoms with van der Waals surface area (Å²) in [7, 11) is 0. The zero-order valence-corrected chi connectivity index (χ0v) is 8.23. The van der Waals surface area contributed by atoms with Crippen LogP contribution in [0.4, 0.5) is 5.69 Å². The molecule has 1 atom stereocenters. The number of nitrogens with zero attached hydrogens (tertiary/aromatic N) is 1. The molecule has 2 rings (SSSR count). The van der Waals surface area contributed by atoms with Gasteiger partial charge in [0.25, 0.3) is 0 Å². The van der Waals surface area contributed by atoms with E-state index in [2.05, 4.69) is 0 Å². The molecule has 0 spiro atoms. The maximum atomic E-state index is 11.8. The number of carbonyl (C=O) groups excluding carboxylic acids is 1. The Morgan fingerprint density at radius 3 is 2.86 bits per heavy atom. The number of nitrogens with two attached hydrogens (primary N) is 1. The van der Waals surface area contributed by atoms with Gasteiger partial charge in [-0.2, -0.15) is 0 Å². The third-order valence-corrected chi connectivity index (χ3v) is 2.68. The van der Waals surface area contributed by atoms with Crippen LogP contribution in [0.5, 0.6) is 0 Å². The molecule has 0 unspecified atom stereocenters. The van der Waals surface area contributed by atoms with Gasteiger partial charge in [0, 0.05) is 18.8 Å². The van der Waals surface area contributed by atoms with Crippen LogP contribution in [0, 0.1) is 0 Å². The van der Waals surface area contributed by atoms with Gasteiger partial charge in [-0.05, 0) is 18.6 Å². The molecular formula is C11H14N2O. The molecule has 0 radical (unpaired) electrons. The van der Waals surface area contributed by atoms with E-state index in [1.54, 1.807) is 4.90 Å². The van der Waals surface area contributed by atoms with Crippen LogP contribution < -0.4 is 10.6 Å². The van der Waals surface area contributed by atoms with Crippen LogP contribution in [-0.4, -0.2) is 19.0 Å². The number of anilines is 1. The van der Waals surface area contributed by atoms with Crippen LogP contribution in [0.2, 0.25) is 0 Å². The van der Waals surface area contributed by atoms with E-state index in [0.717, 1.165) is 11.3 Å². The summed E-state index contributed by atoms with van der Waals surface area (Å²) in [5, 5.41) is 0. The lowest BCUT2D eigenvalue weighted by molar-refractivity contribution is -0.118. The van der Waals surface area contributed by atoms with Crippen LogP contribution in [0.15, 0.2) is 24.3 Å². The van der Waals surface area contributed by atoms with E-state index in [0.29, 0.717) is 13.1 Å². The van der Waals surface area contributed by atoms with Gasteiger partial charge in [-0.1, -0.05) is 18.2 Å². The lowest BCUT2D eigenvalue weighted by Crippen LogP contribution is -2.32. The Morgan fingerprint density at radius 2 is 2.14 bits per heavy atom. The molecular weight excluding hydrogens is 176 g/mol. The van der Waals surface area contributed by atoms with Gasteiger partial charge in [0.2, 0.25) is 5.91 Å². The van der Waals surface area contributed by atoms with Crippen LogP contribution >= 0.6 is 0 Å². The highest BCUT2D eigenvalue weighted by Crippen LogP contribution is 2.36. The van der Waals surface area contributed by atoms with Crippen molar-refractivity contribution >= 4 is 11.6 Å². The summed E-state index contributed by atoms with van der Waals surface area (Å²) in [6, 6.07) is 7.91. The first-order valence-electron chi connectivity index (χ1n) is 4.86. The number of para-hydroxylation sites is 1. The first-order chi connectivity index (χ1) is 6.75. The molecule has 74 valence electrons. The van der Waals surface area contributed by atoms with Crippen molar-refractivity contribution in [3.8, 4) is 0 Å². The van der Waals surface area contributed by atoms with Gasteiger partial charge in [0.15, 0.2) is 0 Å². The Bertz CT molecular complexity index is 362. The number of fused-ring (bicyclic) bond motifs is 1. The number of hydrogen-bond donors (Lipinski definition) is 1. The molecule has 1 aliphatic rings.